The van der Waals surface area contributed by atoms with Gasteiger partial charge >= 0.3 is 0 Å². The fourth-order valence-corrected chi connectivity index (χ4v) is 3.86. The molecule has 0 radical (unpaired) electrons. The number of carbonyl (C=O) groups is 2. The number of hydrogen-bond donors (Lipinski definition) is 0. The Balaban J connectivity index is 1.62. The van der Waals surface area contributed by atoms with Crippen molar-refractivity contribution in [3.8, 4) is 11.5 Å². The molecule has 0 bridgehead atoms. The van der Waals surface area contributed by atoms with E-state index in [1.807, 2.05) is 9.80 Å². The molecule has 2 heterocycles. The van der Waals surface area contributed by atoms with E-state index in [0.717, 1.165) is 6.42 Å². The number of carbonyl (C=O) groups excluding carboxylic acids is 2. The van der Waals surface area contributed by atoms with Gasteiger partial charge in [-0.15, -0.1) is 0 Å². The molecule has 0 aromatic heterocycles. The fourth-order valence-electron chi connectivity index (χ4n) is 3.86. The second-order valence-electron chi connectivity index (χ2n) is 7.06. The first-order valence-electron chi connectivity index (χ1n) is 9.56. The van der Waals surface area contributed by atoms with Crippen LogP contribution in [-0.4, -0.2) is 61.5 Å². The molecule has 6 heteroatoms. The maximum atomic E-state index is 12.9. The van der Waals surface area contributed by atoms with Crippen molar-refractivity contribution in [2.45, 2.75) is 32.2 Å². The Kier molecular flexibility index (Phi) is 6.04. The summed E-state index contributed by atoms with van der Waals surface area (Å²) in [6.45, 7) is 3.99. The number of amides is 2. The number of benzene rings is 1. The fraction of sp³-hybridized carbons (Fsp3) is 0.524. The summed E-state index contributed by atoms with van der Waals surface area (Å²) in [5.74, 6) is 1.36. The minimum absolute atomic E-state index is 0.00263. The van der Waals surface area contributed by atoms with E-state index in [4.69, 9.17) is 9.47 Å². The van der Waals surface area contributed by atoms with Crippen LogP contribution in [0.5, 0.6) is 11.5 Å². The van der Waals surface area contributed by atoms with Crippen LogP contribution in [0.4, 0.5) is 0 Å². The highest BCUT2D eigenvalue weighted by atomic mass is 16.5. The molecule has 0 aliphatic carbocycles. The molecule has 6 nitrogen and oxygen atoms in total. The zero-order chi connectivity index (χ0) is 19.4. The zero-order valence-corrected chi connectivity index (χ0v) is 16.3. The Bertz CT molecular complexity index is 701. The number of likely N-dealkylation sites (tertiary alicyclic amines) is 1. The van der Waals surface area contributed by atoms with Crippen molar-refractivity contribution < 1.29 is 19.1 Å². The van der Waals surface area contributed by atoms with Crippen LogP contribution >= 0.6 is 0 Å². The Morgan fingerprint density at radius 3 is 2.26 bits per heavy atom. The topological polar surface area (TPSA) is 59.1 Å². The molecule has 2 aliphatic rings. The second-order valence-corrected chi connectivity index (χ2v) is 7.06. The first kappa shape index (κ1) is 19.3. The van der Waals surface area contributed by atoms with Gasteiger partial charge in [0.1, 0.15) is 11.5 Å². The third-order valence-electron chi connectivity index (χ3n) is 5.49. The number of rotatable bonds is 5. The summed E-state index contributed by atoms with van der Waals surface area (Å²) in [5, 5.41) is 0. The van der Waals surface area contributed by atoms with Gasteiger partial charge in [-0.1, -0.05) is 19.1 Å². The highest BCUT2D eigenvalue weighted by Crippen LogP contribution is 2.27. The van der Waals surface area contributed by atoms with E-state index in [2.05, 4.69) is 19.1 Å². The Hall–Kier alpha value is -2.50. The molecule has 1 aromatic carbocycles. The standard InChI is InChI=1S/C21H28N2O4/c1-4-17-6-5-9-23(17)21(25)15-7-10-22(11-8-15)20(24)16-12-18(26-2)14-19(13-16)27-3/h5-6,12-15,17H,4,7-11H2,1-3H3/t17-/m1/s1. The van der Waals surface area contributed by atoms with Gasteiger partial charge in [0.05, 0.1) is 20.3 Å². The van der Waals surface area contributed by atoms with E-state index < -0.39 is 0 Å². The molecule has 146 valence electrons. The molecule has 0 spiro atoms. The summed E-state index contributed by atoms with van der Waals surface area (Å²) < 4.78 is 10.5. The number of ether oxygens (including phenoxy) is 2. The monoisotopic (exact) mass is 372 g/mol. The summed E-state index contributed by atoms with van der Waals surface area (Å²) in [5.41, 5.74) is 0.547. The lowest BCUT2D eigenvalue weighted by Gasteiger charge is -2.35. The van der Waals surface area contributed by atoms with Gasteiger partial charge in [-0.05, 0) is 31.4 Å². The summed E-state index contributed by atoms with van der Waals surface area (Å²) >= 11 is 0. The quantitative estimate of drug-likeness (QED) is 0.746. The predicted octanol–water partition coefficient (Wildman–Crippen LogP) is 2.73. The van der Waals surface area contributed by atoms with Crippen LogP contribution < -0.4 is 9.47 Å². The van der Waals surface area contributed by atoms with Crippen LogP contribution in [0, 0.1) is 5.92 Å². The predicted molar refractivity (Wildman–Crippen MR) is 103 cm³/mol. The van der Waals surface area contributed by atoms with Crippen molar-refractivity contribution in [1.29, 1.82) is 0 Å². The largest absolute Gasteiger partial charge is 0.497 e. The molecule has 3 rings (SSSR count). The van der Waals surface area contributed by atoms with Crippen molar-refractivity contribution >= 4 is 11.8 Å². The van der Waals surface area contributed by atoms with Crippen LogP contribution in [-0.2, 0) is 4.79 Å². The van der Waals surface area contributed by atoms with Crippen molar-refractivity contribution in [3.63, 3.8) is 0 Å². The molecule has 0 saturated carbocycles. The summed E-state index contributed by atoms with van der Waals surface area (Å²) in [6.07, 6.45) is 6.54. The Labute approximate surface area is 160 Å². The third-order valence-corrected chi connectivity index (χ3v) is 5.49. The molecular formula is C21H28N2O4. The first-order chi connectivity index (χ1) is 13.1. The van der Waals surface area contributed by atoms with Gasteiger partial charge in [0, 0.05) is 37.2 Å². The average molecular weight is 372 g/mol. The van der Waals surface area contributed by atoms with Gasteiger partial charge in [0.25, 0.3) is 5.91 Å². The molecule has 27 heavy (non-hydrogen) atoms. The average Bonchev–Trinajstić information content (AvgIpc) is 3.21. The lowest BCUT2D eigenvalue weighted by atomic mass is 9.94. The van der Waals surface area contributed by atoms with E-state index in [1.54, 1.807) is 32.4 Å². The van der Waals surface area contributed by atoms with Crippen LogP contribution in [0.1, 0.15) is 36.5 Å². The molecule has 1 fully saturated rings. The maximum Gasteiger partial charge on any atom is 0.254 e. The third kappa shape index (κ3) is 4.10. The van der Waals surface area contributed by atoms with Crippen LogP contribution in [0.2, 0.25) is 0 Å². The normalized spacial score (nSPS) is 20.0. The molecule has 0 unspecified atom stereocenters. The number of piperidine rings is 1. The molecular weight excluding hydrogens is 344 g/mol. The van der Waals surface area contributed by atoms with Gasteiger partial charge in [0.2, 0.25) is 5.91 Å². The number of methoxy groups -OCH3 is 2. The first-order valence-corrected chi connectivity index (χ1v) is 9.56. The van der Waals surface area contributed by atoms with Crippen molar-refractivity contribution in [1.82, 2.24) is 9.80 Å². The molecule has 1 atom stereocenters. The molecule has 2 amide bonds. The Morgan fingerprint density at radius 2 is 1.70 bits per heavy atom. The van der Waals surface area contributed by atoms with Crippen LogP contribution in [0.25, 0.3) is 0 Å². The van der Waals surface area contributed by atoms with Gasteiger partial charge in [0.15, 0.2) is 0 Å². The van der Waals surface area contributed by atoms with Crippen molar-refractivity contribution in [3.05, 3.63) is 35.9 Å². The SMILES string of the molecule is CC[C@@H]1C=CCN1C(=O)C1CCN(C(=O)c2cc(OC)cc(OC)c2)CC1. The van der Waals surface area contributed by atoms with Gasteiger partial charge < -0.3 is 19.3 Å². The number of nitrogens with zero attached hydrogens (tertiary/aromatic N) is 2. The van der Waals surface area contributed by atoms with Crippen molar-refractivity contribution in [2.24, 2.45) is 5.92 Å². The van der Waals surface area contributed by atoms with Crippen LogP contribution in [0.15, 0.2) is 30.4 Å². The molecule has 1 aromatic rings. The summed E-state index contributed by atoms with van der Waals surface area (Å²) in [7, 11) is 3.13. The molecule has 2 aliphatic heterocycles. The molecule has 0 N–H and O–H groups in total. The van der Waals surface area contributed by atoms with E-state index >= 15 is 0 Å². The minimum Gasteiger partial charge on any atom is -0.497 e. The van der Waals surface area contributed by atoms with Gasteiger partial charge in [-0.3, -0.25) is 9.59 Å². The summed E-state index contributed by atoms with van der Waals surface area (Å²) in [4.78, 5) is 29.5. The highest BCUT2D eigenvalue weighted by Gasteiger charge is 2.33. The highest BCUT2D eigenvalue weighted by molar-refractivity contribution is 5.95. The lowest BCUT2D eigenvalue weighted by Crippen LogP contribution is -2.45. The summed E-state index contributed by atoms with van der Waals surface area (Å²) in [6, 6.07) is 5.42. The Morgan fingerprint density at radius 1 is 1.07 bits per heavy atom. The van der Waals surface area contributed by atoms with E-state index in [-0.39, 0.29) is 23.8 Å². The van der Waals surface area contributed by atoms with E-state index in [0.29, 0.717) is 49.5 Å². The lowest BCUT2D eigenvalue weighted by molar-refractivity contribution is -0.137. The van der Waals surface area contributed by atoms with Gasteiger partial charge in [-0.2, -0.15) is 0 Å². The van der Waals surface area contributed by atoms with E-state index in [9.17, 15) is 9.59 Å². The number of hydrogen-bond acceptors (Lipinski definition) is 4. The van der Waals surface area contributed by atoms with E-state index in [1.165, 1.54) is 0 Å². The zero-order valence-electron chi connectivity index (χ0n) is 16.3. The van der Waals surface area contributed by atoms with Crippen molar-refractivity contribution in [2.75, 3.05) is 33.9 Å². The minimum atomic E-state index is -0.0487. The van der Waals surface area contributed by atoms with Crippen LogP contribution in [0.3, 0.4) is 0 Å². The molecule has 1 saturated heterocycles. The maximum absolute atomic E-state index is 12.9. The second kappa shape index (κ2) is 8.46. The smallest absolute Gasteiger partial charge is 0.254 e. The van der Waals surface area contributed by atoms with Gasteiger partial charge in [-0.25, -0.2) is 0 Å².